The van der Waals surface area contributed by atoms with Gasteiger partial charge in [-0.25, -0.2) is 0 Å². The van der Waals surface area contributed by atoms with Gasteiger partial charge in [-0.15, -0.1) is 0 Å². The monoisotopic (exact) mass is 679 g/mol. The van der Waals surface area contributed by atoms with Gasteiger partial charge in [0.15, 0.2) is 0 Å². The average molecular weight is 680 g/mol. The maximum atomic E-state index is 2.43. The van der Waals surface area contributed by atoms with Crippen LogP contribution in [0.3, 0.4) is 0 Å². The third kappa shape index (κ3) is 4.91. The highest BCUT2D eigenvalue weighted by Crippen LogP contribution is 2.52. The van der Waals surface area contributed by atoms with Crippen LogP contribution in [-0.2, 0) is 10.8 Å². The van der Waals surface area contributed by atoms with Crippen molar-refractivity contribution in [2.45, 2.75) is 38.5 Å². The molecule has 53 heavy (non-hydrogen) atoms. The van der Waals surface area contributed by atoms with E-state index >= 15 is 0 Å². The second-order valence-electron chi connectivity index (χ2n) is 15.8. The van der Waals surface area contributed by atoms with Crippen LogP contribution in [0.5, 0.6) is 0 Å². The molecule has 2 aliphatic carbocycles. The molecule has 10 rings (SSSR count). The molecule has 0 saturated heterocycles. The first-order chi connectivity index (χ1) is 25.8. The maximum absolute atomic E-state index is 2.43. The summed E-state index contributed by atoms with van der Waals surface area (Å²) >= 11 is 0. The predicted octanol–water partition coefficient (Wildman–Crippen LogP) is 14.3. The van der Waals surface area contributed by atoms with Crippen LogP contribution in [-0.4, -0.2) is 0 Å². The minimum absolute atomic E-state index is 0.0320. The van der Waals surface area contributed by atoms with Crippen LogP contribution in [0.15, 0.2) is 176 Å². The van der Waals surface area contributed by atoms with Crippen LogP contribution in [0.25, 0.3) is 55.3 Å². The van der Waals surface area contributed by atoms with Gasteiger partial charge in [-0.2, -0.15) is 0 Å². The Morgan fingerprint density at radius 3 is 1.51 bits per heavy atom. The minimum atomic E-state index is -0.0919. The molecule has 1 nitrogen and oxygen atoms in total. The molecule has 0 unspecified atom stereocenters. The first kappa shape index (κ1) is 31.5. The fraction of sp³-hybridized carbons (Fsp3) is 0.115. The van der Waals surface area contributed by atoms with Gasteiger partial charge in [0, 0.05) is 27.9 Å². The quantitative estimate of drug-likeness (QED) is 0.175. The molecule has 2 aliphatic rings. The Morgan fingerprint density at radius 2 is 0.792 bits per heavy atom. The van der Waals surface area contributed by atoms with Gasteiger partial charge in [-0.1, -0.05) is 155 Å². The van der Waals surface area contributed by atoms with Crippen molar-refractivity contribution in [3.63, 3.8) is 0 Å². The Morgan fingerprint density at radius 1 is 0.302 bits per heavy atom. The van der Waals surface area contributed by atoms with Gasteiger partial charge in [0.25, 0.3) is 0 Å². The zero-order chi connectivity index (χ0) is 35.9. The van der Waals surface area contributed by atoms with E-state index in [4.69, 9.17) is 0 Å². The highest BCUT2D eigenvalue weighted by atomic mass is 15.1. The molecule has 0 bridgehead atoms. The van der Waals surface area contributed by atoms with Crippen molar-refractivity contribution in [1.29, 1.82) is 0 Å². The molecule has 0 fully saturated rings. The van der Waals surface area contributed by atoms with E-state index in [9.17, 15) is 0 Å². The van der Waals surface area contributed by atoms with Gasteiger partial charge in [0.1, 0.15) is 0 Å². The van der Waals surface area contributed by atoms with Crippen LogP contribution < -0.4 is 4.90 Å². The molecule has 0 spiro atoms. The lowest BCUT2D eigenvalue weighted by Gasteiger charge is -2.28. The zero-order valence-corrected chi connectivity index (χ0v) is 30.7. The summed E-state index contributed by atoms with van der Waals surface area (Å²) in [4.78, 5) is 2.43. The molecule has 0 aromatic heterocycles. The first-order valence-electron chi connectivity index (χ1n) is 18.8. The van der Waals surface area contributed by atoms with Gasteiger partial charge < -0.3 is 4.90 Å². The van der Waals surface area contributed by atoms with E-state index in [1.807, 2.05) is 0 Å². The summed E-state index contributed by atoms with van der Waals surface area (Å²) in [6, 6.07) is 65.4. The molecule has 0 N–H and O–H groups in total. The fourth-order valence-electron chi connectivity index (χ4n) is 9.16. The van der Waals surface area contributed by atoms with Crippen molar-refractivity contribution in [3.05, 3.63) is 198 Å². The number of fused-ring (bicyclic) bond motifs is 7. The third-order valence-corrected chi connectivity index (χ3v) is 12.1. The van der Waals surface area contributed by atoms with Crippen LogP contribution >= 0.6 is 0 Å². The number of hydrogen-bond donors (Lipinski definition) is 0. The maximum Gasteiger partial charge on any atom is 0.0467 e. The first-order valence-corrected chi connectivity index (χ1v) is 18.8. The number of benzene rings is 8. The van der Waals surface area contributed by atoms with E-state index in [1.165, 1.54) is 77.5 Å². The van der Waals surface area contributed by atoms with Gasteiger partial charge >= 0.3 is 0 Å². The summed E-state index contributed by atoms with van der Waals surface area (Å²) < 4.78 is 0. The second-order valence-corrected chi connectivity index (χ2v) is 15.8. The lowest BCUT2D eigenvalue weighted by molar-refractivity contribution is 0.660. The summed E-state index contributed by atoms with van der Waals surface area (Å²) in [5, 5.41) is 2.51. The smallest absolute Gasteiger partial charge is 0.0467 e. The van der Waals surface area contributed by atoms with Crippen LogP contribution in [0.4, 0.5) is 17.1 Å². The van der Waals surface area contributed by atoms with Crippen LogP contribution in [0.2, 0.25) is 0 Å². The van der Waals surface area contributed by atoms with Crippen molar-refractivity contribution >= 4 is 27.8 Å². The Hall–Kier alpha value is -6.18. The highest BCUT2D eigenvalue weighted by Gasteiger charge is 2.36. The normalized spacial score (nSPS) is 14.3. The minimum Gasteiger partial charge on any atom is -0.310 e. The van der Waals surface area contributed by atoms with Crippen LogP contribution in [0.1, 0.15) is 49.9 Å². The van der Waals surface area contributed by atoms with Gasteiger partial charge in [0.05, 0.1) is 0 Å². The number of hydrogen-bond acceptors (Lipinski definition) is 1. The molecular formula is C52H41N. The van der Waals surface area contributed by atoms with Crippen molar-refractivity contribution in [1.82, 2.24) is 0 Å². The van der Waals surface area contributed by atoms with Crippen molar-refractivity contribution < 1.29 is 0 Å². The van der Waals surface area contributed by atoms with E-state index in [0.29, 0.717) is 0 Å². The van der Waals surface area contributed by atoms with Crippen molar-refractivity contribution in [2.24, 2.45) is 0 Å². The molecule has 0 amide bonds. The van der Waals surface area contributed by atoms with Gasteiger partial charge in [-0.3, -0.25) is 0 Å². The third-order valence-electron chi connectivity index (χ3n) is 12.1. The van der Waals surface area contributed by atoms with Crippen molar-refractivity contribution in [2.75, 3.05) is 4.90 Å². The molecular weight excluding hydrogens is 639 g/mol. The average Bonchev–Trinajstić information content (AvgIpc) is 3.57. The molecule has 0 atom stereocenters. The molecule has 0 heterocycles. The topological polar surface area (TPSA) is 3.24 Å². The lowest BCUT2D eigenvalue weighted by Crippen LogP contribution is -2.16. The molecule has 254 valence electrons. The van der Waals surface area contributed by atoms with Gasteiger partial charge in [0.2, 0.25) is 0 Å². The fourth-order valence-corrected chi connectivity index (χ4v) is 9.16. The Labute approximate surface area is 312 Å². The molecule has 8 aromatic carbocycles. The second kappa shape index (κ2) is 11.7. The largest absolute Gasteiger partial charge is 0.310 e. The summed E-state index contributed by atoms with van der Waals surface area (Å²) in [6.45, 7) is 9.42. The molecule has 0 radical (unpaired) electrons. The van der Waals surface area contributed by atoms with E-state index in [1.54, 1.807) is 0 Å². The van der Waals surface area contributed by atoms with Crippen LogP contribution in [0, 0.1) is 0 Å². The SMILES string of the molecule is CC1(C)c2ccccc2-c2ccc(-c3ccc(N(c4cccc(-c5ccc6ccccc6c5)c4)c4ccc5c(c4)C(C)(C)c4ccccc4-5)cc3)cc21. The standard InChI is InChI=1S/C52H41N/c1-51(2)47-18-9-7-16-43(47)45-28-24-39(32-49(45)51)35-22-25-40(26-23-35)53(42-27-29-46-44-17-8-10-19-48(44)52(3,4)50(46)33-42)41-15-11-14-37(31-41)38-21-20-34-12-5-6-13-36(34)30-38/h5-33H,1-4H3. The van der Waals surface area contributed by atoms with E-state index < -0.39 is 0 Å². The Kier molecular flexibility index (Phi) is 6.94. The Balaban J connectivity index is 1.08. The molecule has 0 aliphatic heterocycles. The summed E-state index contributed by atoms with van der Waals surface area (Å²) in [5.74, 6) is 0. The molecule has 0 saturated carbocycles. The predicted molar refractivity (Wildman–Crippen MR) is 225 cm³/mol. The van der Waals surface area contributed by atoms with E-state index in [-0.39, 0.29) is 10.8 Å². The Bertz CT molecular complexity index is 2730. The van der Waals surface area contributed by atoms with E-state index in [2.05, 4.69) is 209 Å². The summed E-state index contributed by atoms with van der Waals surface area (Å²) in [5.41, 5.74) is 19.1. The zero-order valence-electron chi connectivity index (χ0n) is 30.7. The molecule has 8 aromatic rings. The number of rotatable bonds is 5. The highest BCUT2D eigenvalue weighted by molar-refractivity contribution is 5.90. The number of nitrogens with zero attached hydrogens (tertiary/aromatic N) is 1. The van der Waals surface area contributed by atoms with Crippen molar-refractivity contribution in [3.8, 4) is 44.5 Å². The van der Waals surface area contributed by atoms with Gasteiger partial charge in [-0.05, 0) is 126 Å². The summed E-state index contributed by atoms with van der Waals surface area (Å²) in [7, 11) is 0. The number of anilines is 3. The van der Waals surface area contributed by atoms with E-state index in [0.717, 1.165) is 17.1 Å². The summed E-state index contributed by atoms with van der Waals surface area (Å²) in [6.07, 6.45) is 0. The molecule has 1 heteroatoms. The lowest BCUT2D eigenvalue weighted by atomic mass is 9.81.